The lowest BCUT2D eigenvalue weighted by molar-refractivity contribution is 1.05. The maximum Gasteiger partial charge on any atom is 0.253 e. The highest BCUT2D eigenvalue weighted by Gasteiger charge is 2.18. The van der Waals surface area contributed by atoms with Gasteiger partial charge in [0.25, 0.3) is 10.9 Å². The van der Waals surface area contributed by atoms with Crippen LogP contribution >= 0.6 is 12.4 Å². The largest absolute Gasteiger partial charge is 0.383 e. The molecular weight excluding hydrogens is 266 g/mol. The highest BCUT2D eigenvalue weighted by atomic mass is 35.5. The highest BCUT2D eigenvalue weighted by Crippen LogP contribution is 2.15. The summed E-state index contributed by atoms with van der Waals surface area (Å²) in [5.41, 5.74) is 7.41. The summed E-state index contributed by atoms with van der Waals surface area (Å²) >= 11 is 0. The first-order chi connectivity index (χ1) is 8.67. The molecule has 2 aromatic rings. The van der Waals surface area contributed by atoms with E-state index in [1.165, 1.54) is 0 Å². The molecule has 102 valence electrons. The number of halogens is 1. The van der Waals surface area contributed by atoms with Crippen molar-refractivity contribution in [1.82, 2.24) is 0 Å². The number of benzene rings is 1. The van der Waals surface area contributed by atoms with Crippen molar-refractivity contribution >= 4 is 23.8 Å². The monoisotopic (exact) mass is 281 g/mol. The van der Waals surface area contributed by atoms with E-state index in [0.717, 1.165) is 11.1 Å². The summed E-state index contributed by atoms with van der Waals surface area (Å²) in [7, 11) is 1.62. The van der Waals surface area contributed by atoms with E-state index in [-0.39, 0.29) is 12.4 Å². The van der Waals surface area contributed by atoms with Crippen LogP contribution in [0.2, 0.25) is 0 Å². The summed E-state index contributed by atoms with van der Waals surface area (Å²) in [6.45, 7) is 0.975. The minimum atomic E-state index is -0.464. The number of rotatable bonds is 5. The van der Waals surface area contributed by atoms with Crippen molar-refractivity contribution in [3.8, 4) is 0 Å². The Balaban J connectivity index is 0.00000180. The van der Waals surface area contributed by atoms with Gasteiger partial charge in [-0.1, -0.05) is 24.3 Å². The lowest BCUT2D eigenvalue weighted by atomic mass is 10.1. The van der Waals surface area contributed by atoms with Crippen LogP contribution in [0.25, 0.3) is 0 Å². The van der Waals surface area contributed by atoms with Gasteiger partial charge >= 0.3 is 0 Å². The summed E-state index contributed by atoms with van der Waals surface area (Å²) in [5, 5.41) is 5.69. The van der Waals surface area contributed by atoms with Gasteiger partial charge in [-0.15, -0.1) is 12.4 Å². The minimum absolute atomic E-state index is 0. The van der Waals surface area contributed by atoms with Crippen LogP contribution in [0.4, 0.5) is 11.4 Å². The van der Waals surface area contributed by atoms with Gasteiger partial charge in [-0.2, -0.15) is 0 Å². The van der Waals surface area contributed by atoms with Crippen LogP contribution in [0.1, 0.15) is 11.1 Å². The molecule has 19 heavy (non-hydrogen) atoms. The van der Waals surface area contributed by atoms with Gasteiger partial charge in [0.05, 0.1) is 0 Å². The molecule has 0 aliphatic carbocycles. The fraction of sp³-hybridized carbons (Fsp3) is 0.231. The van der Waals surface area contributed by atoms with Gasteiger partial charge in [0, 0.05) is 20.1 Å². The predicted octanol–water partition coefficient (Wildman–Crippen LogP) is 0.817. The average Bonchev–Trinajstić information content (AvgIpc) is 2.42. The smallest absolute Gasteiger partial charge is 0.253 e. The molecule has 5 nitrogen and oxygen atoms in total. The fourth-order valence-electron chi connectivity index (χ4n) is 1.86. The van der Waals surface area contributed by atoms with Crippen molar-refractivity contribution < 1.29 is 0 Å². The van der Waals surface area contributed by atoms with Gasteiger partial charge in [-0.05, 0) is 11.1 Å². The topological polar surface area (TPSA) is 84.2 Å². The van der Waals surface area contributed by atoms with Crippen molar-refractivity contribution in [2.24, 2.45) is 5.73 Å². The van der Waals surface area contributed by atoms with Gasteiger partial charge in [0.2, 0.25) is 0 Å². The van der Waals surface area contributed by atoms with Crippen LogP contribution in [0.5, 0.6) is 0 Å². The summed E-state index contributed by atoms with van der Waals surface area (Å²) in [6.07, 6.45) is 0. The molecule has 0 radical (unpaired) electrons. The van der Waals surface area contributed by atoms with Gasteiger partial charge < -0.3 is 16.4 Å². The van der Waals surface area contributed by atoms with Crippen molar-refractivity contribution in [2.45, 2.75) is 13.1 Å². The zero-order valence-corrected chi connectivity index (χ0v) is 11.3. The second-order valence-corrected chi connectivity index (χ2v) is 4.04. The molecule has 4 N–H and O–H groups in total. The Labute approximate surface area is 116 Å². The molecule has 2 rings (SSSR count). The zero-order valence-electron chi connectivity index (χ0n) is 10.5. The molecule has 0 aliphatic heterocycles. The Bertz CT molecular complexity index is 633. The molecule has 0 bridgehead atoms. The lowest BCUT2D eigenvalue weighted by Crippen LogP contribution is -2.36. The Kier molecular flexibility index (Phi) is 5.09. The summed E-state index contributed by atoms with van der Waals surface area (Å²) in [6, 6.07) is 7.77. The van der Waals surface area contributed by atoms with E-state index in [9.17, 15) is 9.59 Å². The molecule has 0 unspecified atom stereocenters. The quantitative estimate of drug-likeness (QED) is 0.707. The first-order valence-corrected chi connectivity index (χ1v) is 5.70. The van der Waals surface area contributed by atoms with Crippen LogP contribution in [0.15, 0.2) is 33.9 Å². The van der Waals surface area contributed by atoms with Crippen LogP contribution in [-0.4, -0.2) is 7.05 Å². The third kappa shape index (κ3) is 2.94. The molecule has 0 aromatic heterocycles. The summed E-state index contributed by atoms with van der Waals surface area (Å²) < 4.78 is 0. The van der Waals surface area contributed by atoms with Crippen LogP contribution in [0, 0.1) is 0 Å². The second-order valence-electron chi connectivity index (χ2n) is 4.04. The van der Waals surface area contributed by atoms with E-state index in [1.54, 1.807) is 7.05 Å². The molecular formula is C13H16ClN3O2. The fourth-order valence-corrected chi connectivity index (χ4v) is 1.86. The van der Waals surface area contributed by atoms with Crippen molar-refractivity contribution in [2.75, 3.05) is 17.7 Å². The standard InChI is InChI=1S/C13H15N3O2.ClH/c1-15-10-11(13(18)12(10)17)16-7-9-4-2-3-8(5-9)6-14;/h2-5,15-16H,6-7,14H2,1H3;1H. The third-order valence-electron chi connectivity index (χ3n) is 2.86. The highest BCUT2D eigenvalue weighted by molar-refractivity contribution is 5.85. The number of hydrogen-bond donors (Lipinski definition) is 3. The van der Waals surface area contributed by atoms with Crippen LogP contribution in [-0.2, 0) is 13.1 Å². The molecule has 0 amide bonds. The molecule has 0 heterocycles. The van der Waals surface area contributed by atoms with Gasteiger partial charge in [-0.25, -0.2) is 0 Å². The van der Waals surface area contributed by atoms with Crippen molar-refractivity contribution in [3.63, 3.8) is 0 Å². The molecule has 0 saturated heterocycles. The Hall–Kier alpha value is -1.85. The normalized spacial score (nSPS) is 10.0. The molecule has 6 heteroatoms. The van der Waals surface area contributed by atoms with E-state index in [1.807, 2.05) is 24.3 Å². The van der Waals surface area contributed by atoms with Gasteiger partial charge in [0.1, 0.15) is 11.4 Å². The van der Waals surface area contributed by atoms with E-state index in [2.05, 4.69) is 10.6 Å². The van der Waals surface area contributed by atoms with E-state index < -0.39 is 10.9 Å². The van der Waals surface area contributed by atoms with E-state index in [0.29, 0.717) is 24.5 Å². The predicted molar refractivity (Wildman–Crippen MR) is 79.8 cm³/mol. The Morgan fingerprint density at radius 1 is 1.11 bits per heavy atom. The van der Waals surface area contributed by atoms with E-state index >= 15 is 0 Å². The summed E-state index contributed by atoms with van der Waals surface area (Å²) in [4.78, 5) is 22.5. The van der Waals surface area contributed by atoms with E-state index in [4.69, 9.17) is 5.73 Å². The molecule has 0 spiro atoms. The van der Waals surface area contributed by atoms with Gasteiger partial charge in [0.15, 0.2) is 0 Å². The molecule has 0 aliphatic rings. The van der Waals surface area contributed by atoms with Crippen molar-refractivity contribution in [1.29, 1.82) is 0 Å². The maximum atomic E-state index is 11.3. The molecule has 0 saturated carbocycles. The number of hydrogen-bond acceptors (Lipinski definition) is 5. The number of nitrogens with two attached hydrogens (primary N) is 1. The lowest BCUT2D eigenvalue weighted by Gasteiger charge is -2.12. The third-order valence-corrected chi connectivity index (χ3v) is 2.86. The number of nitrogens with one attached hydrogen (secondary N) is 2. The van der Waals surface area contributed by atoms with Crippen molar-refractivity contribution in [3.05, 3.63) is 55.8 Å². The van der Waals surface area contributed by atoms with Gasteiger partial charge in [-0.3, -0.25) is 9.59 Å². The molecule has 2 aromatic carbocycles. The summed E-state index contributed by atoms with van der Waals surface area (Å²) in [5.74, 6) is 0. The first-order valence-electron chi connectivity index (χ1n) is 5.70. The number of anilines is 2. The van der Waals surface area contributed by atoms with Crippen LogP contribution < -0.4 is 27.2 Å². The second kappa shape index (κ2) is 6.36. The average molecular weight is 282 g/mol. The zero-order chi connectivity index (χ0) is 13.1. The Morgan fingerprint density at radius 2 is 1.74 bits per heavy atom. The minimum Gasteiger partial charge on any atom is -0.383 e. The SMILES string of the molecule is CNc1c(NCc2cccc(CN)c2)c(=O)c1=O.Cl. The molecule has 0 fully saturated rings. The van der Waals surface area contributed by atoms with Crippen LogP contribution in [0.3, 0.4) is 0 Å². The maximum absolute atomic E-state index is 11.3. The molecule has 0 atom stereocenters. The Morgan fingerprint density at radius 3 is 2.37 bits per heavy atom. The first kappa shape index (κ1) is 15.2.